The van der Waals surface area contributed by atoms with Gasteiger partial charge in [0.2, 0.25) is 5.91 Å². The van der Waals surface area contributed by atoms with Crippen LogP contribution in [0, 0.1) is 0 Å². The lowest BCUT2D eigenvalue weighted by Gasteiger charge is -2.41. The quantitative estimate of drug-likeness (QED) is 0.0196. The second-order valence-corrected chi connectivity index (χ2v) is 20.0. The monoisotopic (exact) mass is 990 g/mol. The van der Waals surface area contributed by atoms with Crippen molar-refractivity contribution < 1.29 is 49.3 Å². The number of carbonyl (C=O) groups is 2. The summed E-state index contributed by atoms with van der Waals surface area (Å²) in [5.41, 5.74) is 0. The molecule has 1 saturated heterocycles. The standard InChI is InChI=1S/C59H107NO10/c1-4-7-10-13-16-19-22-25-26-29-32-35-38-41-44-47-54(64)70-57-56(66)55(65)53(48-61)69-59(57)68-49-50(51(62)45-42-39-36-33-30-27-23-20-17-14-11-8-5-2)60-58(67)52(63)46-43-40-37-34-31-28-24-21-18-15-12-9-6-3/h9,12,18-19,21-22,42,45,50-53,55-57,59,61-63,65-66H,4-8,10-11,13-17,20,23-41,43-44,46-49H2,1-3H3,(H,60,67)/b12-9+,21-18+,22-19-,45-42+. The topological polar surface area (TPSA) is 175 Å². The molecule has 1 heterocycles. The van der Waals surface area contributed by atoms with Gasteiger partial charge in [0.25, 0.3) is 0 Å². The van der Waals surface area contributed by atoms with Crippen molar-refractivity contribution in [1.29, 1.82) is 0 Å². The maximum Gasteiger partial charge on any atom is 0.306 e. The number of rotatable bonds is 48. The van der Waals surface area contributed by atoms with E-state index < -0.39 is 67.4 Å². The minimum atomic E-state index is -1.61. The summed E-state index contributed by atoms with van der Waals surface area (Å²) < 4.78 is 17.6. The Morgan fingerprint density at radius 1 is 0.571 bits per heavy atom. The van der Waals surface area contributed by atoms with E-state index >= 15 is 0 Å². The SMILES string of the molecule is CC/C=C/C/C=C/CCCCCCCCC(O)C(=O)NC(COC1OC(CO)C(O)C(O)C1OC(=O)CCCCCCCCC/C=C\CCCCCC)C(O)/C=C/CCCCCCCCCCCCC. The summed E-state index contributed by atoms with van der Waals surface area (Å²) in [6, 6.07) is -1.03. The highest BCUT2D eigenvalue weighted by Crippen LogP contribution is 2.26. The molecule has 0 aliphatic carbocycles. The third-order valence-corrected chi connectivity index (χ3v) is 13.5. The third-order valence-electron chi connectivity index (χ3n) is 13.5. The summed E-state index contributed by atoms with van der Waals surface area (Å²) in [5, 5.41) is 56.8. The smallest absolute Gasteiger partial charge is 0.306 e. The molecule has 8 atom stereocenters. The molecule has 0 aromatic rings. The Kier molecular flexibility index (Phi) is 44.6. The van der Waals surface area contributed by atoms with Crippen LogP contribution in [0.5, 0.6) is 0 Å². The predicted octanol–water partition coefficient (Wildman–Crippen LogP) is 12.9. The van der Waals surface area contributed by atoms with Crippen LogP contribution in [-0.2, 0) is 23.8 Å². The molecule has 1 fully saturated rings. The fourth-order valence-electron chi connectivity index (χ4n) is 8.86. The van der Waals surface area contributed by atoms with Crippen LogP contribution in [0.4, 0.5) is 0 Å². The second kappa shape index (κ2) is 47.6. The van der Waals surface area contributed by atoms with E-state index in [0.29, 0.717) is 12.8 Å². The van der Waals surface area contributed by atoms with Gasteiger partial charge in [0.1, 0.15) is 24.4 Å². The highest BCUT2D eigenvalue weighted by molar-refractivity contribution is 5.80. The van der Waals surface area contributed by atoms with E-state index in [-0.39, 0.29) is 19.4 Å². The van der Waals surface area contributed by atoms with Gasteiger partial charge in [0.15, 0.2) is 12.4 Å². The van der Waals surface area contributed by atoms with Crippen LogP contribution >= 0.6 is 0 Å². The first-order chi connectivity index (χ1) is 34.2. The van der Waals surface area contributed by atoms with Crippen LogP contribution in [0.3, 0.4) is 0 Å². The molecule has 0 saturated carbocycles. The third kappa shape index (κ3) is 35.7. The molecule has 6 N–H and O–H groups in total. The summed E-state index contributed by atoms with van der Waals surface area (Å²) in [6.45, 7) is 5.65. The molecule has 0 aromatic heterocycles. The van der Waals surface area contributed by atoms with E-state index in [1.54, 1.807) is 6.08 Å². The van der Waals surface area contributed by atoms with Gasteiger partial charge in [-0.2, -0.15) is 0 Å². The molecule has 1 aliphatic rings. The van der Waals surface area contributed by atoms with Crippen molar-refractivity contribution in [2.24, 2.45) is 0 Å². The van der Waals surface area contributed by atoms with E-state index in [4.69, 9.17) is 14.2 Å². The van der Waals surface area contributed by atoms with E-state index in [1.165, 1.54) is 103 Å². The van der Waals surface area contributed by atoms with E-state index in [1.807, 2.05) is 6.08 Å². The number of unbranched alkanes of at least 4 members (excludes halogenated alkanes) is 28. The Labute approximate surface area is 427 Å². The highest BCUT2D eigenvalue weighted by atomic mass is 16.7. The minimum absolute atomic E-state index is 0.118. The molecule has 70 heavy (non-hydrogen) atoms. The van der Waals surface area contributed by atoms with Crippen LogP contribution < -0.4 is 5.32 Å². The predicted molar refractivity (Wildman–Crippen MR) is 287 cm³/mol. The average molecular weight is 991 g/mol. The largest absolute Gasteiger partial charge is 0.454 e. The summed E-state index contributed by atoms with van der Waals surface area (Å²) in [6.07, 6.45) is 45.8. The maximum atomic E-state index is 13.4. The normalized spacial score (nSPS) is 20.0. The number of aliphatic hydroxyl groups is 5. The Morgan fingerprint density at radius 3 is 1.56 bits per heavy atom. The first-order valence-corrected chi connectivity index (χ1v) is 28.9. The van der Waals surface area contributed by atoms with Crippen LogP contribution in [0.2, 0.25) is 0 Å². The van der Waals surface area contributed by atoms with Gasteiger partial charge in [0, 0.05) is 6.42 Å². The molecule has 1 rings (SSSR count). The van der Waals surface area contributed by atoms with Crippen molar-refractivity contribution in [3.05, 3.63) is 48.6 Å². The Balaban J connectivity index is 2.74. The zero-order valence-electron chi connectivity index (χ0n) is 44.9. The minimum Gasteiger partial charge on any atom is -0.454 e. The van der Waals surface area contributed by atoms with Gasteiger partial charge in [-0.05, 0) is 77.0 Å². The van der Waals surface area contributed by atoms with Gasteiger partial charge in [-0.1, -0.05) is 217 Å². The zero-order valence-corrected chi connectivity index (χ0v) is 44.9. The van der Waals surface area contributed by atoms with Gasteiger partial charge in [-0.3, -0.25) is 9.59 Å². The number of amides is 1. The molecule has 1 aliphatic heterocycles. The van der Waals surface area contributed by atoms with E-state index in [9.17, 15) is 35.1 Å². The Morgan fingerprint density at radius 2 is 1.03 bits per heavy atom. The molecule has 0 radical (unpaired) electrons. The van der Waals surface area contributed by atoms with Crippen molar-refractivity contribution in [2.45, 2.75) is 301 Å². The number of ether oxygens (including phenoxy) is 3. The summed E-state index contributed by atoms with van der Waals surface area (Å²) in [5.74, 6) is -1.21. The molecule has 1 amide bonds. The van der Waals surface area contributed by atoms with Crippen molar-refractivity contribution in [3.8, 4) is 0 Å². The molecule has 408 valence electrons. The Bertz CT molecular complexity index is 1320. The number of hydrogen-bond acceptors (Lipinski definition) is 10. The Hall–Kier alpha value is -2.38. The number of esters is 1. The fraction of sp³-hybridized carbons (Fsp3) is 0.831. The molecule has 11 heteroatoms. The van der Waals surface area contributed by atoms with Gasteiger partial charge >= 0.3 is 5.97 Å². The lowest BCUT2D eigenvalue weighted by molar-refractivity contribution is -0.305. The second-order valence-electron chi connectivity index (χ2n) is 20.0. The number of aliphatic hydroxyl groups excluding tert-OH is 5. The van der Waals surface area contributed by atoms with Crippen LogP contribution in [-0.4, -0.2) is 99.6 Å². The fourth-order valence-corrected chi connectivity index (χ4v) is 8.86. The van der Waals surface area contributed by atoms with Crippen LogP contribution in [0.15, 0.2) is 48.6 Å². The maximum absolute atomic E-state index is 13.4. The van der Waals surface area contributed by atoms with E-state index in [2.05, 4.69) is 62.5 Å². The van der Waals surface area contributed by atoms with Crippen molar-refractivity contribution in [1.82, 2.24) is 5.32 Å². The number of hydrogen-bond donors (Lipinski definition) is 6. The summed E-state index contributed by atoms with van der Waals surface area (Å²) in [7, 11) is 0. The molecule has 8 unspecified atom stereocenters. The number of carbonyl (C=O) groups excluding carboxylic acids is 2. The number of nitrogens with one attached hydrogen (secondary N) is 1. The lowest BCUT2D eigenvalue weighted by atomic mass is 9.99. The van der Waals surface area contributed by atoms with E-state index in [0.717, 1.165) is 103 Å². The van der Waals surface area contributed by atoms with Gasteiger partial charge < -0.3 is 45.1 Å². The first-order valence-electron chi connectivity index (χ1n) is 28.9. The van der Waals surface area contributed by atoms with Crippen molar-refractivity contribution >= 4 is 11.9 Å². The summed E-state index contributed by atoms with van der Waals surface area (Å²) in [4.78, 5) is 26.4. The average Bonchev–Trinajstić information content (AvgIpc) is 3.36. The first kappa shape index (κ1) is 65.6. The molecule has 0 aromatic carbocycles. The lowest BCUT2D eigenvalue weighted by Crippen LogP contribution is -2.61. The zero-order chi connectivity index (χ0) is 51.1. The molecule has 0 bridgehead atoms. The van der Waals surface area contributed by atoms with Crippen molar-refractivity contribution in [3.63, 3.8) is 0 Å². The van der Waals surface area contributed by atoms with Gasteiger partial charge in [-0.15, -0.1) is 0 Å². The molecular weight excluding hydrogens is 883 g/mol. The van der Waals surface area contributed by atoms with Gasteiger partial charge in [-0.25, -0.2) is 0 Å². The molecule has 11 nitrogen and oxygen atoms in total. The molecular formula is C59H107NO10. The van der Waals surface area contributed by atoms with Crippen LogP contribution in [0.25, 0.3) is 0 Å². The van der Waals surface area contributed by atoms with Crippen molar-refractivity contribution in [2.75, 3.05) is 13.2 Å². The highest BCUT2D eigenvalue weighted by Gasteiger charge is 2.47. The number of allylic oxidation sites excluding steroid dienone is 7. The van der Waals surface area contributed by atoms with Gasteiger partial charge in [0.05, 0.1) is 25.4 Å². The van der Waals surface area contributed by atoms with Crippen LogP contribution in [0.1, 0.15) is 252 Å². The molecule has 0 spiro atoms. The summed E-state index contributed by atoms with van der Waals surface area (Å²) >= 11 is 0.